The summed E-state index contributed by atoms with van der Waals surface area (Å²) in [4.78, 5) is 16.9. The second kappa shape index (κ2) is 6.66. The summed E-state index contributed by atoms with van der Waals surface area (Å²) < 4.78 is 11.9. The van der Waals surface area contributed by atoms with E-state index in [0.29, 0.717) is 32.3 Å². The topological polar surface area (TPSA) is 42.0 Å². The van der Waals surface area contributed by atoms with Gasteiger partial charge in [-0.1, -0.05) is 0 Å². The van der Waals surface area contributed by atoms with Gasteiger partial charge in [-0.3, -0.25) is 9.69 Å². The summed E-state index contributed by atoms with van der Waals surface area (Å²) in [7, 11) is 0. The number of hydrogen-bond acceptors (Lipinski definition) is 5. The van der Waals surface area contributed by atoms with Crippen molar-refractivity contribution in [2.24, 2.45) is 0 Å². The van der Waals surface area contributed by atoms with Gasteiger partial charge >= 0.3 is 0 Å². The number of rotatable bonds is 2. The van der Waals surface area contributed by atoms with Crippen molar-refractivity contribution in [3.8, 4) is 0 Å². The van der Waals surface area contributed by atoms with Crippen LogP contribution in [0.15, 0.2) is 16.8 Å². The fourth-order valence-corrected chi connectivity index (χ4v) is 3.78. The average molecular weight is 324 g/mol. The molecule has 0 radical (unpaired) electrons. The first kappa shape index (κ1) is 15.9. The van der Waals surface area contributed by atoms with E-state index in [9.17, 15) is 4.79 Å². The van der Waals surface area contributed by atoms with Gasteiger partial charge in [0.1, 0.15) is 5.60 Å². The predicted molar refractivity (Wildman–Crippen MR) is 86.4 cm³/mol. The van der Waals surface area contributed by atoms with Crippen LogP contribution >= 0.6 is 11.3 Å². The maximum atomic E-state index is 12.6. The molecule has 2 aliphatic heterocycles. The van der Waals surface area contributed by atoms with Crippen LogP contribution in [0.1, 0.15) is 24.2 Å². The SMILES string of the molecule is CC(C)N1CCOC[C@@]2(CN(C(=O)c3ccsc3)CCO2)C1. The molecule has 1 aromatic rings. The maximum absolute atomic E-state index is 12.6. The molecule has 6 heteroatoms. The van der Waals surface area contributed by atoms with Crippen LogP contribution in [-0.4, -0.2) is 73.3 Å². The molecule has 2 fully saturated rings. The molecule has 22 heavy (non-hydrogen) atoms. The fourth-order valence-electron chi connectivity index (χ4n) is 3.15. The minimum atomic E-state index is -0.398. The Bertz CT molecular complexity index is 505. The summed E-state index contributed by atoms with van der Waals surface area (Å²) in [6, 6.07) is 2.34. The zero-order valence-electron chi connectivity index (χ0n) is 13.3. The minimum absolute atomic E-state index is 0.101. The molecule has 5 nitrogen and oxygen atoms in total. The van der Waals surface area contributed by atoms with E-state index in [1.807, 2.05) is 21.7 Å². The molecule has 3 rings (SSSR count). The van der Waals surface area contributed by atoms with Crippen LogP contribution in [0.5, 0.6) is 0 Å². The van der Waals surface area contributed by atoms with Crippen LogP contribution < -0.4 is 0 Å². The van der Waals surface area contributed by atoms with Crippen molar-refractivity contribution in [1.29, 1.82) is 0 Å². The first-order valence-electron chi connectivity index (χ1n) is 7.87. The molecule has 0 bridgehead atoms. The summed E-state index contributed by atoms with van der Waals surface area (Å²) in [5.41, 5.74) is 0.377. The van der Waals surface area contributed by atoms with Gasteiger partial charge in [-0.15, -0.1) is 0 Å². The monoisotopic (exact) mass is 324 g/mol. The molecule has 2 saturated heterocycles. The Morgan fingerprint density at radius 1 is 1.32 bits per heavy atom. The molecule has 2 aliphatic rings. The Morgan fingerprint density at radius 3 is 2.91 bits per heavy atom. The van der Waals surface area contributed by atoms with E-state index in [1.54, 1.807) is 11.3 Å². The molecule has 0 unspecified atom stereocenters. The highest BCUT2D eigenvalue weighted by molar-refractivity contribution is 7.08. The molecule has 0 aromatic carbocycles. The third kappa shape index (κ3) is 3.35. The molecule has 0 N–H and O–H groups in total. The molecule has 3 heterocycles. The molecule has 1 spiro atoms. The molecule has 1 atom stereocenters. The van der Waals surface area contributed by atoms with Crippen LogP contribution in [0.25, 0.3) is 0 Å². The van der Waals surface area contributed by atoms with Crippen molar-refractivity contribution in [1.82, 2.24) is 9.80 Å². The number of carbonyl (C=O) groups excluding carboxylic acids is 1. The minimum Gasteiger partial charge on any atom is -0.377 e. The molecular formula is C16H24N2O3S. The van der Waals surface area contributed by atoms with Gasteiger partial charge in [0.05, 0.1) is 31.9 Å². The normalized spacial score (nSPS) is 27.3. The first-order valence-corrected chi connectivity index (χ1v) is 8.81. The Balaban J connectivity index is 1.74. The van der Waals surface area contributed by atoms with Crippen molar-refractivity contribution in [2.75, 3.05) is 46.0 Å². The van der Waals surface area contributed by atoms with E-state index >= 15 is 0 Å². The number of hydrogen-bond donors (Lipinski definition) is 0. The summed E-state index contributed by atoms with van der Waals surface area (Å²) in [5.74, 6) is 0.101. The number of morpholine rings is 1. The number of ether oxygens (including phenoxy) is 2. The van der Waals surface area contributed by atoms with Crippen molar-refractivity contribution in [2.45, 2.75) is 25.5 Å². The molecule has 1 aromatic heterocycles. The third-order valence-corrected chi connectivity index (χ3v) is 5.10. The Labute approximate surface area is 135 Å². The quantitative estimate of drug-likeness (QED) is 0.830. The van der Waals surface area contributed by atoms with Crippen LogP contribution in [0, 0.1) is 0 Å². The number of nitrogens with zero attached hydrogens (tertiary/aromatic N) is 2. The standard InChI is InChI=1S/C16H24N2O3S/c1-13(2)17-4-6-20-12-16(10-17)11-18(5-7-21-16)15(19)14-3-8-22-9-14/h3,8-9,13H,4-7,10-12H2,1-2H3/t16-/m0/s1. The van der Waals surface area contributed by atoms with E-state index in [0.717, 1.165) is 25.3 Å². The van der Waals surface area contributed by atoms with Crippen LogP contribution in [-0.2, 0) is 9.47 Å². The van der Waals surface area contributed by atoms with E-state index in [-0.39, 0.29) is 5.91 Å². The Kier molecular flexibility index (Phi) is 4.82. The van der Waals surface area contributed by atoms with Gasteiger partial charge in [0.2, 0.25) is 0 Å². The third-order valence-electron chi connectivity index (χ3n) is 4.41. The second-order valence-corrected chi connectivity index (χ2v) is 7.17. The summed E-state index contributed by atoms with van der Waals surface area (Å²) in [5, 5.41) is 3.85. The van der Waals surface area contributed by atoms with Crippen molar-refractivity contribution < 1.29 is 14.3 Å². The summed E-state index contributed by atoms with van der Waals surface area (Å²) in [6.07, 6.45) is 0. The highest BCUT2D eigenvalue weighted by Gasteiger charge is 2.42. The van der Waals surface area contributed by atoms with Gasteiger partial charge in [0, 0.05) is 31.1 Å². The fraction of sp³-hybridized carbons (Fsp3) is 0.688. The van der Waals surface area contributed by atoms with Crippen molar-refractivity contribution in [3.63, 3.8) is 0 Å². The Hall–Kier alpha value is -0.950. The summed E-state index contributed by atoms with van der Waals surface area (Å²) >= 11 is 1.55. The lowest BCUT2D eigenvalue weighted by Crippen LogP contribution is -2.60. The zero-order chi connectivity index (χ0) is 15.6. The van der Waals surface area contributed by atoms with Gasteiger partial charge in [-0.2, -0.15) is 11.3 Å². The largest absolute Gasteiger partial charge is 0.377 e. The number of thiophene rings is 1. The average Bonchev–Trinajstić information content (AvgIpc) is 2.97. The predicted octanol–water partition coefficient (Wildman–Crippen LogP) is 1.70. The van der Waals surface area contributed by atoms with Crippen molar-refractivity contribution in [3.05, 3.63) is 22.4 Å². The summed E-state index contributed by atoms with van der Waals surface area (Å²) in [6.45, 7) is 9.23. The molecular weight excluding hydrogens is 300 g/mol. The van der Waals surface area contributed by atoms with E-state index in [2.05, 4.69) is 18.7 Å². The van der Waals surface area contributed by atoms with Gasteiger partial charge in [0.15, 0.2) is 0 Å². The molecule has 0 saturated carbocycles. The zero-order valence-corrected chi connectivity index (χ0v) is 14.1. The highest BCUT2D eigenvalue weighted by Crippen LogP contribution is 2.25. The van der Waals surface area contributed by atoms with E-state index < -0.39 is 5.60 Å². The lowest BCUT2D eigenvalue weighted by molar-refractivity contribution is -0.134. The molecule has 0 aliphatic carbocycles. The lowest BCUT2D eigenvalue weighted by atomic mass is 10.0. The van der Waals surface area contributed by atoms with Crippen LogP contribution in [0.2, 0.25) is 0 Å². The number of amides is 1. The van der Waals surface area contributed by atoms with E-state index in [4.69, 9.17) is 9.47 Å². The van der Waals surface area contributed by atoms with Gasteiger partial charge in [-0.05, 0) is 25.3 Å². The van der Waals surface area contributed by atoms with Crippen LogP contribution in [0.4, 0.5) is 0 Å². The highest BCUT2D eigenvalue weighted by atomic mass is 32.1. The first-order chi connectivity index (χ1) is 10.6. The number of carbonyl (C=O) groups is 1. The van der Waals surface area contributed by atoms with Crippen molar-refractivity contribution >= 4 is 17.2 Å². The maximum Gasteiger partial charge on any atom is 0.254 e. The molecule has 122 valence electrons. The van der Waals surface area contributed by atoms with Gasteiger partial charge in [-0.25, -0.2) is 0 Å². The van der Waals surface area contributed by atoms with Gasteiger partial charge in [0.25, 0.3) is 5.91 Å². The smallest absolute Gasteiger partial charge is 0.254 e. The second-order valence-electron chi connectivity index (χ2n) is 6.39. The molecule has 1 amide bonds. The van der Waals surface area contributed by atoms with Gasteiger partial charge < -0.3 is 14.4 Å². The van der Waals surface area contributed by atoms with E-state index in [1.165, 1.54) is 0 Å². The van der Waals surface area contributed by atoms with Crippen LogP contribution in [0.3, 0.4) is 0 Å². The Morgan fingerprint density at radius 2 is 2.18 bits per heavy atom. The lowest BCUT2D eigenvalue weighted by Gasteiger charge is -2.44.